The van der Waals surface area contributed by atoms with Gasteiger partial charge in [0.2, 0.25) is 0 Å². The van der Waals surface area contributed by atoms with Gasteiger partial charge in [0.25, 0.3) is 7.82 Å². The average Bonchev–Trinajstić information content (AvgIpc) is 3.33. The molecule has 0 saturated heterocycles. The van der Waals surface area contributed by atoms with Crippen molar-refractivity contribution in [1.82, 2.24) is 0 Å². The first-order valence-corrected chi connectivity index (χ1v) is 32.0. The summed E-state index contributed by atoms with van der Waals surface area (Å²) < 4.78 is 34.0. The molecule has 9 nitrogen and oxygen atoms in total. The zero-order valence-corrected chi connectivity index (χ0v) is 48.6. The molecule has 0 aliphatic carbocycles. The molecule has 2 atom stereocenters. The lowest BCUT2D eigenvalue weighted by Crippen LogP contribution is -2.37. The van der Waals surface area contributed by atoms with Crippen molar-refractivity contribution in [3.05, 3.63) is 24.3 Å². The molecule has 0 heterocycles. The van der Waals surface area contributed by atoms with Crippen LogP contribution in [-0.2, 0) is 32.7 Å². The van der Waals surface area contributed by atoms with Gasteiger partial charge >= 0.3 is 11.9 Å². The van der Waals surface area contributed by atoms with Crippen LogP contribution in [0.4, 0.5) is 0 Å². The predicted molar refractivity (Wildman–Crippen MR) is 301 cm³/mol. The van der Waals surface area contributed by atoms with Gasteiger partial charge in [-0.2, -0.15) is 0 Å². The summed E-state index contributed by atoms with van der Waals surface area (Å²) in [5.41, 5.74) is 0. The third kappa shape index (κ3) is 57.6. The molecule has 71 heavy (non-hydrogen) atoms. The second-order valence-electron chi connectivity index (χ2n) is 22.1. The highest BCUT2D eigenvalue weighted by atomic mass is 31.2. The second-order valence-corrected chi connectivity index (χ2v) is 23.5. The van der Waals surface area contributed by atoms with Crippen LogP contribution < -0.4 is 4.89 Å². The van der Waals surface area contributed by atoms with Crippen LogP contribution in [0.25, 0.3) is 0 Å². The number of rotatable bonds is 57. The lowest BCUT2D eigenvalue weighted by Gasteiger charge is -2.28. The van der Waals surface area contributed by atoms with E-state index >= 15 is 0 Å². The van der Waals surface area contributed by atoms with Crippen LogP contribution >= 0.6 is 7.82 Å². The Hall–Kier alpha value is -1.51. The molecule has 0 aliphatic heterocycles. The van der Waals surface area contributed by atoms with E-state index < -0.39 is 26.5 Å². The summed E-state index contributed by atoms with van der Waals surface area (Å²) in [5.74, 6) is -0.823. The molecule has 0 saturated carbocycles. The van der Waals surface area contributed by atoms with E-state index in [9.17, 15) is 19.0 Å². The lowest BCUT2D eigenvalue weighted by molar-refractivity contribution is -0.870. The Morgan fingerprint density at radius 1 is 0.437 bits per heavy atom. The van der Waals surface area contributed by atoms with Crippen molar-refractivity contribution in [2.24, 2.45) is 0 Å². The molecule has 0 aromatic carbocycles. The van der Waals surface area contributed by atoms with Gasteiger partial charge in [0.05, 0.1) is 27.7 Å². The highest BCUT2D eigenvalue weighted by Crippen LogP contribution is 2.38. The summed E-state index contributed by atoms with van der Waals surface area (Å²) in [4.78, 5) is 37.6. The van der Waals surface area contributed by atoms with E-state index in [0.29, 0.717) is 17.4 Å². The Labute approximate surface area is 440 Å². The number of quaternary nitrogens is 1. The number of phosphoric ester groups is 1. The number of ether oxygens (including phenoxy) is 2. The van der Waals surface area contributed by atoms with Crippen LogP contribution in [0.3, 0.4) is 0 Å². The molecular weight excluding hydrogens is 906 g/mol. The van der Waals surface area contributed by atoms with Gasteiger partial charge in [-0.05, 0) is 44.9 Å². The highest BCUT2D eigenvalue weighted by molar-refractivity contribution is 7.45. The first-order chi connectivity index (χ1) is 34.5. The van der Waals surface area contributed by atoms with Gasteiger partial charge in [0.1, 0.15) is 19.8 Å². The Kier molecular flexibility index (Phi) is 52.2. The van der Waals surface area contributed by atoms with Crippen molar-refractivity contribution >= 4 is 19.8 Å². The van der Waals surface area contributed by atoms with Crippen molar-refractivity contribution in [3.63, 3.8) is 0 Å². The van der Waals surface area contributed by atoms with Crippen molar-refractivity contribution in [1.29, 1.82) is 0 Å². The molecule has 10 heteroatoms. The van der Waals surface area contributed by atoms with E-state index in [1.54, 1.807) is 0 Å². The molecule has 0 aromatic heterocycles. The summed E-state index contributed by atoms with van der Waals surface area (Å²) in [7, 11) is 1.18. The molecule has 0 fully saturated rings. The number of carbonyl (C=O) groups is 2. The third-order valence-electron chi connectivity index (χ3n) is 13.7. The molecule has 0 amide bonds. The normalized spacial score (nSPS) is 13.4. The SMILES string of the molecule is CCCCCCC/C=C\C/C=C\CCCCCCCCCCCCCCCCCCCCCCCCCCCCCC(=O)OC(COC(=O)CCCCCCCCCC)COP(=O)([O-])OCC[N+](C)(C)C. The number of likely N-dealkylation sites (N-methyl/N-ethyl adjacent to an activating group) is 1. The minimum Gasteiger partial charge on any atom is -0.756 e. The third-order valence-corrected chi connectivity index (χ3v) is 14.7. The molecule has 0 aliphatic rings. The summed E-state index contributed by atoms with van der Waals surface area (Å²) >= 11 is 0. The van der Waals surface area contributed by atoms with Crippen LogP contribution in [0.2, 0.25) is 0 Å². The Balaban J connectivity index is 3.77. The lowest BCUT2D eigenvalue weighted by atomic mass is 10.0. The van der Waals surface area contributed by atoms with Gasteiger partial charge in [-0.15, -0.1) is 0 Å². The largest absolute Gasteiger partial charge is 0.756 e. The van der Waals surface area contributed by atoms with Crippen LogP contribution in [0.15, 0.2) is 24.3 Å². The minimum atomic E-state index is -4.62. The number of phosphoric acid groups is 1. The molecule has 0 bridgehead atoms. The number of unbranched alkanes of at least 4 members (excludes halogenated alkanes) is 39. The van der Waals surface area contributed by atoms with Crippen LogP contribution in [-0.4, -0.2) is 70.0 Å². The maximum Gasteiger partial charge on any atom is 0.306 e. The van der Waals surface area contributed by atoms with Gasteiger partial charge in [0, 0.05) is 12.8 Å². The van der Waals surface area contributed by atoms with Crippen LogP contribution in [0.5, 0.6) is 0 Å². The maximum atomic E-state index is 12.7. The molecule has 0 aromatic rings. The van der Waals surface area contributed by atoms with E-state index in [0.717, 1.165) is 38.5 Å². The minimum absolute atomic E-state index is 0.0269. The number of carbonyl (C=O) groups excluding carboxylic acids is 2. The van der Waals surface area contributed by atoms with Gasteiger partial charge in [0.15, 0.2) is 6.10 Å². The maximum absolute atomic E-state index is 12.7. The summed E-state index contributed by atoms with van der Waals surface area (Å²) in [6, 6.07) is 0. The fourth-order valence-corrected chi connectivity index (χ4v) is 9.71. The number of esters is 2. The molecule has 0 radical (unpaired) electrons. The fraction of sp³-hybridized carbons (Fsp3) is 0.902. The summed E-state index contributed by atoms with van der Waals surface area (Å²) in [6.07, 6.45) is 64.3. The monoisotopic (exact) mass is 1020 g/mol. The number of hydrogen-bond acceptors (Lipinski definition) is 8. The number of allylic oxidation sites excluding steroid dienone is 4. The van der Waals surface area contributed by atoms with E-state index in [1.165, 1.54) is 231 Å². The van der Waals surface area contributed by atoms with Gasteiger partial charge in [-0.3, -0.25) is 14.2 Å². The zero-order chi connectivity index (χ0) is 52.0. The van der Waals surface area contributed by atoms with E-state index in [2.05, 4.69) is 38.2 Å². The Morgan fingerprint density at radius 3 is 1.11 bits per heavy atom. The van der Waals surface area contributed by atoms with Crippen LogP contribution in [0, 0.1) is 0 Å². The van der Waals surface area contributed by atoms with Crippen molar-refractivity contribution < 1.29 is 42.1 Å². The summed E-state index contributed by atoms with van der Waals surface area (Å²) in [5, 5.41) is 0. The summed E-state index contributed by atoms with van der Waals surface area (Å²) in [6.45, 7) is 4.22. The molecule has 0 rings (SSSR count). The van der Waals surface area contributed by atoms with Crippen LogP contribution in [0.1, 0.15) is 303 Å². The predicted octanol–water partition coefficient (Wildman–Crippen LogP) is 18.4. The van der Waals surface area contributed by atoms with E-state index in [4.69, 9.17) is 18.5 Å². The average molecular weight is 1020 g/mol. The first-order valence-electron chi connectivity index (χ1n) is 30.5. The Bertz CT molecular complexity index is 1250. The quantitative estimate of drug-likeness (QED) is 0.0195. The first kappa shape index (κ1) is 69.5. The van der Waals surface area contributed by atoms with E-state index in [-0.39, 0.29) is 32.0 Å². The molecule has 0 spiro atoms. The number of nitrogens with zero attached hydrogens (tertiary/aromatic N) is 1. The molecule has 0 N–H and O–H groups in total. The standard InChI is InChI=1S/C61H118NO8P/c1-6-8-10-12-14-16-17-18-19-20-21-22-23-24-25-26-27-28-29-30-31-32-33-34-35-36-37-38-39-40-41-42-43-44-45-46-48-50-52-54-61(64)70-59(58-69-71(65,66)68-56-55-62(3,4)5)57-67-60(63)53-51-49-47-15-13-11-9-7-2/h17-18,20-21,59H,6-16,19,22-58H2,1-5H3/b18-17-,21-20-. The number of hydrogen-bond donors (Lipinski definition) is 0. The van der Waals surface area contributed by atoms with Crippen molar-refractivity contribution in [2.75, 3.05) is 47.5 Å². The molecule has 420 valence electrons. The van der Waals surface area contributed by atoms with Gasteiger partial charge in [-0.1, -0.05) is 269 Å². The molecular formula is C61H118NO8P. The van der Waals surface area contributed by atoms with Crippen molar-refractivity contribution in [2.45, 2.75) is 309 Å². The topological polar surface area (TPSA) is 111 Å². The highest BCUT2D eigenvalue weighted by Gasteiger charge is 2.22. The van der Waals surface area contributed by atoms with E-state index in [1.807, 2.05) is 21.1 Å². The Morgan fingerprint density at radius 2 is 0.761 bits per heavy atom. The second kappa shape index (κ2) is 53.3. The fourth-order valence-electron chi connectivity index (χ4n) is 8.98. The molecule has 2 unspecified atom stereocenters. The van der Waals surface area contributed by atoms with Gasteiger partial charge < -0.3 is 27.9 Å². The van der Waals surface area contributed by atoms with Crippen molar-refractivity contribution in [3.8, 4) is 0 Å². The zero-order valence-electron chi connectivity index (χ0n) is 47.7. The smallest absolute Gasteiger partial charge is 0.306 e. The van der Waals surface area contributed by atoms with Gasteiger partial charge in [-0.25, -0.2) is 0 Å².